The molecule has 0 radical (unpaired) electrons. The van der Waals surface area contributed by atoms with Crippen molar-refractivity contribution < 1.29 is 11.3 Å². The van der Waals surface area contributed by atoms with Crippen LogP contribution in [-0.2, 0) is 6.37 Å². The lowest BCUT2D eigenvalue weighted by Gasteiger charge is -2.57. The summed E-state index contributed by atoms with van der Waals surface area (Å²) < 4.78 is 47.9. The van der Waals surface area contributed by atoms with Crippen molar-refractivity contribution in [1.82, 2.24) is 9.97 Å². The summed E-state index contributed by atoms with van der Waals surface area (Å²) in [6.45, 7) is -2.31. The Labute approximate surface area is 189 Å². The van der Waals surface area contributed by atoms with E-state index in [0.717, 1.165) is 35.6 Å². The van der Waals surface area contributed by atoms with Crippen LogP contribution < -0.4 is 0 Å². The van der Waals surface area contributed by atoms with Gasteiger partial charge in [0.15, 0.2) is 0 Å². The summed E-state index contributed by atoms with van der Waals surface area (Å²) in [5, 5.41) is 1.59. The highest BCUT2D eigenvalue weighted by molar-refractivity contribution is 6.08. The number of hydrogen-bond acceptors (Lipinski definition) is 3. The van der Waals surface area contributed by atoms with Crippen LogP contribution in [0.4, 0.5) is 0 Å². The van der Waals surface area contributed by atoms with Gasteiger partial charge in [-0.1, -0.05) is 12.1 Å². The van der Waals surface area contributed by atoms with E-state index in [0.29, 0.717) is 34.6 Å². The minimum absolute atomic E-state index is 0.000466. The third-order valence-electron chi connectivity index (χ3n) is 7.85. The van der Waals surface area contributed by atoms with Gasteiger partial charge in [0, 0.05) is 35.1 Å². The molecule has 0 N–H and O–H groups in total. The molecular formula is C28H28N2O. The van der Waals surface area contributed by atoms with E-state index in [4.69, 9.17) is 8.53 Å². The Morgan fingerprint density at radius 3 is 2.61 bits per heavy atom. The molecule has 0 aliphatic heterocycles. The van der Waals surface area contributed by atoms with Crippen molar-refractivity contribution >= 4 is 22.1 Å². The maximum Gasteiger partial charge on any atom is 0.227 e. The van der Waals surface area contributed by atoms with E-state index in [1.807, 2.05) is 30.3 Å². The molecule has 0 spiro atoms. The number of rotatable bonds is 3. The van der Waals surface area contributed by atoms with Crippen molar-refractivity contribution in [3.05, 3.63) is 59.9 Å². The quantitative estimate of drug-likeness (QED) is 0.359. The predicted molar refractivity (Wildman–Crippen MR) is 124 cm³/mol. The zero-order chi connectivity index (χ0) is 24.9. The predicted octanol–water partition coefficient (Wildman–Crippen LogP) is 7.11. The van der Waals surface area contributed by atoms with E-state index in [-0.39, 0.29) is 16.8 Å². The van der Waals surface area contributed by atoms with Gasteiger partial charge in [0.2, 0.25) is 5.71 Å². The molecule has 3 heteroatoms. The first kappa shape index (κ1) is 13.7. The lowest BCUT2D eigenvalue weighted by Crippen LogP contribution is -2.47. The number of furan rings is 1. The molecule has 4 aliphatic rings. The van der Waals surface area contributed by atoms with Crippen LogP contribution in [0.1, 0.15) is 56.6 Å². The Kier molecular flexibility index (Phi) is 2.83. The summed E-state index contributed by atoms with van der Waals surface area (Å²) in [7, 11) is 0. The summed E-state index contributed by atoms with van der Waals surface area (Å²) >= 11 is 0. The molecule has 1 aromatic carbocycles. The summed E-state index contributed by atoms with van der Waals surface area (Å²) in [6.07, 6.45) is 7.07. The van der Waals surface area contributed by atoms with Crippen LogP contribution in [0, 0.1) is 30.0 Å². The number of pyridine rings is 2. The van der Waals surface area contributed by atoms with Crippen LogP contribution in [0.2, 0.25) is 0 Å². The number of benzene rings is 1. The Bertz CT molecular complexity index is 1470. The smallest absolute Gasteiger partial charge is 0.227 e. The number of aromatic nitrogens is 2. The van der Waals surface area contributed by atoms with E-state index in [2.05, 4.69) is 9.97 Å². The van der Waals surface area contributed by atoms with Crippen LogP contribution in [0.3, 0.4) is 0 Å². The Morgan fingerprint density at radius 1 is 1.03 bits per heavy atom. The maximum absolute atomic E-state index is 9.39. The second-order valence-electron chi connectivity index (χ2n) is 10.1. The van der Waals surface area contributed by atoms with Crippen molar-refractivity contribution in [2.24, 2.45) is 23.2 Å². The lowest BCUT2D eigenvalue weighted by atomic mass is 9.48. The van der Waals surface area contributed by atoms with Crippen LogP contribution in [0.15, 0.2) is 53.1 Å². The molecule has 3 aromatic heterocycles. The van der Waals surface area contributed by atoms with E-state index in [1.54, 1.807) is 12.3 Å². The Balaban J connectivity index is 1.32. The highest BCUT2D eigenvalue weighted by Crippen LogP contribution is 2.61. The number of nitrogens with zero attached hydrogens (tertiary/aromatic N) is 2. The fraction of sp³-hybridized carbons (Fsp3) is 0.429. The van der Waals surface area contributed by atoms with E-state index in [1.165, 1.54) is 25.3 Å². The number of para-hydroxylation sites is 1. The molecule has 4 fully saturated rings. The average Bonchev–Trinajstić information content (AvgIpc) is 3.21. The SMILES string of the molecule is [2H]C([2H])([2H])c1ccc2c(n1)oc1c(-c3cc(C([2H])([2H])C45CC6CC(CC(C6)C4)C5)ccn3)cccc12. The van der Waals surface area contributed by atoms with Gasteiger partial charge < -0.3 is 4.42 Å². The summed E-state index contributed by atoms with van der Waals surface area (Å²) in [5.41, 5.74) is 2.67. The largest absolute Gasteiger partial charge is 0.437 e. The average molecular weight is 414 g/mol. The van der Waals surface area contributed by atoms with Gasteiger partial charge in [0.1, 0.15) is 5.58 Å². The topological polar surface area (TPSA) is 38.9 Å². The molecule has 0 amide bonds. The van der Waals surface area contributed by atoms with Crippen molar-refractivity contribution in [3.8, 4) is 11.3 Å². The van der Waals surface area contributed by atoms with E-state index >= 15 is 0 Å². The van der Waals surface area contributed by atoms with Crippen LogP contribution in [0.5, 0.6) is 0 Å². The first-order chi connectivity index (χ1) is 17.1. The molecule has 156 valence electrons. The molecule has 4 aromatic rings. The summed E-state index contributed by atoms with van der Waals surface area (Å²) in [4.78, 5) is 8.88. The zero-order valence-electron chi connectivity index (χ0n) is 22.4. The Morgan fingerprint density at radius 2 is 1.84 bits per heavy atom. The second-order valence-corrected chi connectivity index (χ2v) is 10.1. The molecule has 3 heterocycles. The summed E-state index contributed by atoms with van der Waals surface area (Å²) in [6, 6.07) is 12.8. The number of fused-ring (bicyclic) bond motifs is 3. The highest BCUT2D eigenvalue weighted by Gasteiger charge is 2.50. The summed E-state index contributed by atoms with van der Waals surface area (Å²) in [5.74, 6) is 2.01. The molecule has 8 rings (SSSR count). The monoisotopic (exact) mass is 413 g/mol. The number of aryl methyl sites for hydroxylation is 1. The zero-order valence-corrected chi connectivity index (χ0v) is 17.4. The van der Waals surface area contributed by atoms with Gasteiger partial charge in [0.05, 0.1) is 5.69 Å². The minimum atomic E-state index is -2.31. The molecule has 3 nitrogen and oxygen atoms in total. The van der Waals surface area contributed by atoms with Crippen LogP contribution in [-0.4, -0.2) is 9.97 Å². The molecular weight excluding hydrogens is 380 g/mol. The van der Waals surface area contributed by atoms with Gasteiger partial charge in [-0.2, -0.15) is 0 Å². The standard InChI is InChI=1S/C28H28N2O/c1-17-5-6-23-22-3-2-4-24(26(22)31-27(23)30-17)25-12-18(7-8-29-25)13-28-14-19-9-20(15-28)11-21(10-19)16-28/h2-8,12,19-21H,9-11,13-16H2,1H3/i1D3,13D2. The van der Waals surface area contributed by atoms with Gasteiger partial charge in [-0.3, -0.25) is 4.98 Å². The highest BCUT2D eigenvalue weighted by atomic mass is 16.3. The molecule has 4 bridgehead atoms. The van der Waals surface area contributed by atoms with Crippen molar-refractivity contribution in [2.45, 2.75) is 51.7 Å². The molecule has 0 unspecified atom stereocenters. The van der Waals surface area contributed by atoms with Crippen molar-refractivity contribution in [3.63, 3.8) is 0 Å². The fourth-order valence-corrected chi connectivity index (χ4v) is 7.11. The van der Waals surface area contributed by atoms with Crippen LogP contribution in [0.25, 0.3) is 33.3 Å². The normalized spacial score (nSPS) is 32.5. The van der Waals surface area contributed by atoms with Gasteiger partial charge in [0.25, 0.3) is 0 Å². The van der Waals surface area contributed by atoms with Crippen LogP contribution >= 0.6 is 0 Å². The van der Waals surface area contributed by atoms with Gasteiger partial charge in [-0.25, -0.2) is 4.98 Å². The number of hydrogen-bond donors (Lipinski definition) is 0. The van der Waals surface area contributed by atoms with Gasteiger partial charge in [-0.05, 0) is 111 Å². The first-order valence-electron chi connectivity index (χ1n) is 13.9. The minimum Gasteiger partial charge on any atom is -0.437 e. The maximum atomic E-state index is 9.39. The molecule has 0 saturated heterocycles. The van der Waals surface area contributed by atoms with Crippen molar-refractivity contribution in [2.75, 3.05) is 0 Å². The van der Waals surface area contributed by atoms with E-state index in [9.17, 15) is 2.74 Å². The molecule has 4 aliphatic carbocycles. The fourth-order valence-electron chi connectivity index (χ4n) is 7.11. The van der Waals surface area contributed by atoms with E-state index < -0.39 is 13.2 Å². The molecule has 31 heavy (non-hydrogen) atoms. The third-order valence-corrected chi connectivity index (χ3v) is 7.85. The molecule has 4 saturated carbocycles. The van der Waals surface area contributed by atoms with Gasteiger partial charge >= 0.3 is 0 Å². The first-order valence-corrected chi connectivity index (χ1v) is 11.4. The van der Waals surface area contributed by atoms with Crippen molar-refractivity contribution in [1.29, 1.82) is 0 Å². The Hall–Kier alpha value is -2.68. The second kappa shape index (κ2) is 6.41. The lowest BCUT2D eigenvalue weighted by molar-refractivity contribution is -0.0521. The third kappa shape index (κ3) is 2.86. The van der Waals surface area contributed by atoms with Gasteiger partial charge in [-0.15, -0.1) is 0 Å². The molecule has 0 atom stereocenters.